The van der Waals surface area contributed by atoms with Gasteiger partial charge in [-0.3, -0.25) is 9.48 Å². The van der Waals surface area contributed by atoms with Gasteiger partial charge >= 0.3 is 12.0 Å². The highest BCUT2D eigenvalue weighted by molar-refractivity contribution is 5.75. The first-order valence-corrected chi connectivity index (χ1v) is 8.40. The number of nitrogens with one attached hydrogen (secondary N) is 2. The second-order valence-corrected chi connectivity index (χ2v) is 6.12. The summed E-state index contributed by atoms with van der Waals surface area (Å²) >= 11 is 0. The van der Waals surface area contributed by atoms with Crippen molar-refractivity contribution in [1.29, 1.82) is 0 Å². The van der Waals surface area contributed by atoms with Gasteiger partial charge in [0.25, 0.3) is 0 Å². The Morgan fingerprint density at radius 1 is 1.23 bits per heavy atom. The fourth-order valence-corrected chi connectivity index (χ4v) is 2.66. The molecule has 0 saturated carbocycles. The van der Waals surface area contributed by atoms with E-state index < -0.39 is 18.0 Å². The van der Waals surface area contributed by atoms with Crippen LogP contribution in [0.5, 0.6) is 0 Å². The van der Waals surface area contributed by atoms with E-state index in [4.69, 9.17) is 5.11 Å². The van der Waals surface area contributed by atoms with Gasteiger partial charge < -0.3 is 20.8 Å². The van der Waals surface area contributed by atoms with E-state index in [-0.39, 0.29) is 19.1 Å². The highest BCUT2D eigenvalue weighted by atomic mass is 16.4. The standard InChI is InChI=1S/C18H24N4O4/c1-22-11-14(10-19-22)16(12-23)21-18(26)20-15(7-8-17(24)25)9-13-5-3-2-4-6-13/h2-6,10-11,15-16,23H,7-9,12H2,1H3,(H,24,25)(H2,20,21,26). The number of benzene rings is 1. The van der Waals surface area contributed by atoms with Crippen molar-refractivity contribution in [3.05, 3.63) is 53.9 Å². The summed E-state index contributed by atoms with van der Waals surface area (Å²) in [7, 11) is 1.75. The number of aliphatic hydroxyl groups excluding tert-OH is 1. The van der Waals surface area contributed by atoms with Gasteiger partial charge in [0.2, 0.25) is 0 Å². The minimum Gasteiger partial charge on any atom is -0.481 e. The van der Waals surface area contributed by atoms with Crippen LogP contribution in [-0.2, 0) is 18.3 Å². The van der Waals surface area contributed by atoms with E-state index in [2.05, 4.69) is 15.7 Å². The second-order valence-electron chi connectivity index (χ2n) is 6.12. The lowest BCUT2D eigenvalue weighted by atomic mass is 10.0. The SMILES string of the molecule is Cn1cc(C(CO)NC(=O)NC(CCC(=O)O)Cc2ccccc2)cn1. The monoisotopic (exact) mass is 360 g/mol. The van der Waals surface area contributed by atoms with Gasteiger partial charge in [-0.2, -0.15) is 5.10 Å². The summed E-state index contributed by atoms with van der Waals surface area (Å²) in [6.45, 7) is -0.266. The molecule has 26 heavy (non-hydrogen) atoms. The Labute approximate surface area is 151 Å². The van der Waals surface area contributed by atoms with Crippen LogP contribution in [0.25, 0.3) is 0 Å². The van der Waals surface area contributed by atoms with Gasteiger partial charge in [-0.25, -0.2) is 4.79 Å². The molecule has 4 N–H and O–H groups in total. The average Bonchev–Trinajstić information content (AvgIpc) is 3.04. The number of carboxylic acids is 1. The van der Waals surface area contributed by atoms with Crippen molar-refractivity contribution in [3.63, 3.8) is 0 Å². The summed E-state index contributed by atoms with van der Waals surface area (Å²) < 4.78 is 1.59. The Morgan fingerprint density at radius 2 is 1.96 bits per heavy atom. The number of carbonyl (C=O) groups excluding carboxylic acids is 1. The quantitative estimate of drug-likeness (QED) is 0.537. The number of carboxylic acid groups (broad SMARTS) is 1. The summed E-state index contributed by atoms with van der Waals surface area (Å²) in [6, 6.07) is 8.18. The van der Waals surface area contributed by atoms with Gasteiger partial charge in [0.1, 0.15) is 0 Å². The van der Waals surface area contributed by atoms with Crippen molar-refractivity contribution in [3.8, 4) is 0 Å². The summed E-state index contributed by atoms with van der Waals surface area (Å²) in [4.78, 5) is 23.2. The Kier molecular flexibility index (Phi) is 7.16. The molecule has 0 radical (unpaired) electrons. The predicted molar refractivity (Wildman–Crippen MR) is 95.5 cm³/mol. The number of hydrogen-bond donors (Lipinski definition) is 4. The van der Waals surface area contributed by atoms with E-state index in [1.165, 1.54) is 0 Å². The number of aromatic nitrogens is 2. The zero-order valence-corrected chi connectivity index (χ0v) is 14.6. The fraction of sp³-hybridized carbons (Fsp3) is 0.389. The van der Waals surface area contributed by atoms with Gasteiger partial charge in [0.15, 0.2) is 0 Å². The van der Waals surface area contributed by atoms with Crippen LogP contribution in [0.4, 0.5) is 4.79 Å². The number of aryl methyl sites for hydroxylation is 1. The van der Waals surface area contributed by atoms with Crippen LogP contribution in [-0.4, -0.2) is 44.6 Å². The molecular weight excluding hydrogens is 336 g/mol. The molecule has 2 amide bonds. The highest BCUT2D eigenvalue weighted by Gasteiger charge is 2.19. The largest absolute Gasteiger partial charge is 0.481 e. The molecule has 1 heterocycles. The average molecular weight is 360 g/mol. The number of hydrogen-bond acceptors (Lipinski definition) is 4. The lowest BCUT2D eigenvalue weighted by molar-refractivity contribution is -0.137. The van der Waals surface area contributed by atoms with Crippen molar-refractivity contribution >= 4 is 12.0 Å². The summed E-state index contributed by atoms with van der Waals surface area (Å²) in [5.41, 5.74) is 1.70. The zero-order chi connectivity index (χ0) is 18.9. The van der Waals surface area contributed by atoms with Crippen molar-refractivity contribution in [1.82, 2.24) is 20.4 Å². The van der Waals surface area contributed by atoms with Crippen molar-refractivity contribution in [2.75, 3.05) is 6.61 Å². The van der Waals surface area contributed by atoms with Crippen LogP contribution in [0, 0.1) is 0 Å². The Hall–Kier alpha value is -2.87. The minimum absolute atomic E-state index is 0.0379. The van der Waals surface area contributed by atoms with Crippen LogP contribution >= 0.6 is 0 Å². The number of amides is 2. The molecule has 0 saturated heterocycles. The zero-order valence-electron chi connectivity index (χ0n) is 14.6. The topological polar surface area (TPSA) is 116 Å². The smallest absolute Gasteiger partial charge is 0.315 e. The number of aliphatic hydroxyl groups is 1. The first-order chi connectivity index (χ1) is 12.5. The Morgan fingerprint density at radius 3 is 2.54 bits per heavy atom. The van der Waals surface area contributed by atoms with Crippen LogP contribution in [0.15, 0.2) is 42.7 Å². The van der Waals surface area contributed by atoms with Crippen molar-refractivity contribution in [2.24, 2.45) is 7.05 Å². The first kappa shape index (κ1) is 19.5. The lowest BCUT2D eigenvalue weighted by Crippen LogP contribution is -2.45. The minimum atomic E-state index is -0.908. The van der Waals surface area contributed by atoms with Crippen LogP contribution < -0.4 is 10.6 Å². The molecular formula is C18H24N4O4. The van der Waals surface area contributed by atoms with Crippen molar-refractivity contribution < 1.29 is 19.8 Å². The van der Waals surface area contributed by atoms with Crippen LogP contribution in [0.2, 0.25) is 0 Å². The molecule has 0 bridgehead atoms. The molecule has 0 aliphatic carbocycles. The van der Waals surface area contributed by atoms with Gasteiger partial charge in [0, 0.05) is 31.3 Å². The van der Waals surface area contributed by atoms with Gasteiger partial charge in [-0.1, -0.05) is 30.3 Å². The van der Waals surface area contributed by atoms with E-state index in [0.717, 1.165) is 5.56 Å². The fourth-order valence-electron chi connectivity index (χ4n) is 2.66. The first-order valence-electron chi connectivity index (χ1n) is 8.40. The molecule has 0 fully saturated rings. The molecule has 2 aromatic rings. The van der Waals surface area contributed by atoms with E-state index in [1.807, 2.05) is 30.3 Å². The highest BCUT2D eigenvalue weighted by Crippen LogP contribution is 2.12. The van der Waals surface area contributed by atoms with Crippen LogP contribution in [0.1, 0.15) is 30.0 Å². The third-order valence-corrected chi connectivity index (χ3v) is 3.98. The van der Waals surface area contributed by atoms with E-state index in [0.29, 0.717) is 18.4 Å². The maximum atomic E-state index is 12.3. The normalized spacial score (nSPS) is 13.0. The second kappa shape index (κ2) is 9.57. The summed E-state index contributed by atoms with van der Waals surface area (Å²) in [6.07, 6.45) is 4.09. The van der Waals surface area contributed by atoms with Gasteiger partial charge in [0.05, 0.1) is 18.8 Å². The molecule has 2 atom stereocenters. The number of aliphatic carboxylic acids is 1. The third kappa shape index (κ3) is 6.21. The van der Waals surface area contributed by atoms with E-state index in [9.17, 15) is 14.7 Å². The predicted octanol–water partition coefficient (Wildman–Crippen LogP) is 1.23. The molecule has 1 aromatic heterocycles. The molecule has 2 unspecified atom stereocenters. The molecule has 0 aliphatic rings. The van der Waals surface area contributed by atoms with Crippen LogP contribution in [0.3, 0.4) is 0 Å². The molecule has 1 aromatic carbocycles. The number of carbonyl (C=O) groups is 2. The molecule has 0 spiro atoms. The molecule has 0 aliphatic heterocycles. The summed E-state index contributed by atoms with van der Waals surface area (Å²) in [5.74, 6) is -0.908. The van der Waals surface area contributed by atoms with Gasteiger partial charge in [-0.05, 0) is 18.4 Å². The Balaban J connectivity index is 1.98. The third-order valence-electron chi connectivity index (χ3n) is 3.98. The molecule has 8 nitrogen and oxygen atoms in total. The van der Waals surface area contributed by atoms with E-state index in [1.54, 1.807) is 24.1 Å². The number of rotatable bonds is 9. The van der Waals surface area contributed by atoms with E-state index >= 15 is 0 Å². The van der Waals surface area contributed by atoms with Crippen molar-refractivity contribution in [2.45, 2.75) is 31.3 Å². The maximum absolute atomic E-state index is 12.3. The number of nitrogens with zero attached hydrogens (tertiary/aromatic N) is 2. The number of urea groups is 1. The Bertz CT molecular complexity index is 717. The molecule has 2 rings (SSSR count). The summed E-state index contributed by atoms with van der Waals surface area (Å²) in [5, 5.41) is 28.0. The molecule has 140 valence electrons. The van der Waals surface area contributed by atoms with Gasteiger partial charge in [-0.15, -0.1) is 0 Å². The molecule has 8 heteroatoms. The lowest BCUT2D eigenvalue weighted by Gasteiger charge is -2.21. The maximum Gasteiger partial charge on any atom is 0.315 e.